The average molecular weight is 368 g/mol. The molecule has 112 valence electrons. The molecule has 0 saturated carbocycles. The van der Waals surface area contributed by atoms with Crippen LogP contribution in [0, 0.1) is 13.8 Å². The summed E-state index contributed by atoms with van der Waals surface area (Å²) in [6.07, 6.45) is 0. The number of aryl methyl sites for hydroxylation is 2. The number of halogens is 1. The van der Waals surface area contributed by atoms with E-state index in [0.29, 0.717) is 0 Å². The fourth-order valence-corrected chi connectivity index (χ4v) is 3.24. The predicted octanol–water partition coefficient (Wildman–Crippen LogP) is 3.81. The maximum absolute atomic E-state index is 11.9. The Morgan fingerprint density at radius 2 is 2.00 bits per heavy atom. The largest absolute Gasteiger partial charge is 0.325 e. The molecule has 4 nitrogen and oxygen atoms in total. The number of carbonyl (C=O) groups is 1. The lowest BCUT2D eigenvalue weighted by atomic mass is 10.2. The van der Waals surface area contributed by atoms with Gasteiger partial charge in [-0.05, 0) is 45.0 Å². The standard InChI is InChI=1S/C15H18BrN3OS/c1-9(15-10(2)18-11(3)21-15)17-8-14(20)19-13-6-4-12(16)5-7-13/h4-7,9,17H,8H2,1-3H3,(H,19,20). The topological polar surface area (TPSA) is 54.0 Å². The van der Waals surface area contributed by atoms with Crippen molar-refractivity contribution in [2.45, 2.75) is 26.8 Å². The van der Waals surface area contributed by atoms with Crippen molar-refractivity contribution in [3.63, 3.8) is 0 Å². The lowest BCUT2D eigenvalue weighted by molar-refractivity contribution is -0.115. The third-order valence-corrected chi connectivity index (χ3v) is 4.81. The molecule has 2 aromatic rings. The van der Waals surface area contributed by atoms with Crippen molar-refractivity contribution in [2.75, 3.05) is 11.9 Å². The van der Waals surface area contributed by atoms with Crippen molar-refractivity contribution in [2.24, 2.45) is 0 Å². The van der Waals surface area contributed by atoms with E-state index < -0.39 is 0 Å². The van der Waals surface area contributed by atoms with Crippen molar-refractivity contribution in [3.8, 4) is 0 Å². The van der Waals surface area contributed by atoms with E-state index in [2.05, 4.69) is 31.5 Å². The molecular weight excluding hydrogens is 350 g/mol. The first-order chi connectivity index (χ1) is 9.95. The molecule has 0 spiro atoms. The summed E-state index contributed by atoms with van der Waals surface area (Å²) in [7, 11) is 0. The third kappa shape index (κ3) is 4.62. The van der Waals surface area contributed by atoms with Gasteiger partial charge in [-0.3, -0.25) is 4.79 Å². The number of aromatic nitrogens is 1. The first-order valence-corrected chi connectivity index (χ1v) is 8.29. The molecule has 0 aliphatic heterocycles. The van der Waals surface area contributed by atoms with Gasteiger partial charge in [0.05, 0.1) is 17.2 Å². The maximum Gasteiger partial charge on any atom is 0.238 e. The zero-order valence-corrected chi connectivity index (χ0v) is 14.6. The van der Waals surface area contributed by atoms with Crippen LogP contribution in [0.5, 0.6) is 0 Å². The number of rotatable bonds is 5. The van der Waals surface area contributed by atoms with Crippen LogP contribution in [-0.4, -0.2) is 17.4 Å². The minimum atomic E-state index is -0.0527. The van der Waals surface area contributed by atoms with Gasteiger partial charge < -0.3 is 10.6 Å². The predicted molar refractivity (Wildman–Crippen MR) is 90.8 cm³/mol. The van der Waals surface area contributed by atoms with Crippen LogP contribution >= 0.6 is 27.3 Å². The van der Waals surface area contributed by atoms with E-state index in [9.17, 15) is 4.79 Å². The molecule has 1 aromatic carbocycles. The van der Waals surface area contributed by atoms with Gasteiger partial charge in [0.25, 0.3) is 0 Å². The van der Waals surface area contributed by atoms with Gasteiger partial charge in [-0.25, -0.2) is 4.98 Å². The van der Waals surface area contributed by atoms with Gasteiger partial charge >= 0.3 is 0 Å². The van der Waals surface area contributed by atoms with E-state index in [0.717, 1.165) is 20.9 Å². The van der Waals surface area contributed by atoms with Crippen molar-refractivity contribution in [3.05, 3.63) is 44.3 Å². The monoisotopic (exact) mass is 367 g/mol. The number of nitrogens with zero attached hydrogens (tertiary/aromatic N) is 1. The number of amides is 1. The molecule has 0 saturated heterocycles. The quantitative estimate of drug-likeness (QED) is 0.844. The van der Waals surface area contributed by atoms with Crippen LogP contribution in [0.2, 0.25) is 0 Å². The summed E-state index contributed by atoms with van der Waals surface area (Å²) in [5, 5.41) is 7.15. The SMILES string of the molecule is Cc1nc(C)c(C(C)NCC(=O)Nc2ccc(Br)cc2)s1. The number of carbonyl (C=O) groups excluding carboxylic acids is 1. The summed E-state index contributed by atoms with van der Waals surface area (Å²) in [5.74, 6) is -0.0527. The number of hydrogen-bond acceptors (Lipinski definition) is 4. The Labute approximate surface area is 137 Å². The van der Waals surface area contributed by atoms with Gasteiger partial charge in [0.1, 0.15) is 0 Å². The van der Waals surface area contributed by atoms with Crippen molar-refractivity contribution >= 4 is 38.9 Å². The Kier molecular flexibility index (Phi) is 5.50. The zero-order chi connectivity index (χ0) is 15.4. The highest BCUT2D eigenvalue weighted by Crippen LogP contribution is 2.24. The molecule has 0 fully saturated rings. The Hall–Kier alpha value is -1.24. The molecule has 21 heavy (non-hydrogen) atoms. The van der Waals surface area contributed by atoms with Crippen LogP contribution in [0.25, 0.3) is 0 Å². The van der Waals surface area contributed by atoms with Crippen molar-refractivity contribution < 1.29 is 4.79 Å². The van der Waals surface area contributed by atoms with Crippen molar-refractivity contribution in [1.82, 2.24) is 10.3 Å². The number of hydrogen-bond donors (Lipinski definition) is 2. The number of nitrogens with one attached hydrogen (secondary N) is 2. The Morgan fingerprint density at radius 3 is 2.57 bits per heavy atom. The van der Waals surface area contributed by atoms with Crippen LogP contribution < -0.4 is 10.6 Å². The minimum Gasteiger partial charge on any atom is -0.325 e. The fraction of sp³-hybridized carbons (Fsp3) is 0.333. The number of benzene rings is 1. The highest BCUT2D eigenvalue weighted by Gasteiger charge is 2.13. The lowest BCUT2D eigenvalue weighted by Gasteiger charge is -2.13. The summed E-state index contributed by atoms with van der Waals surface area (Å²) in [5.41, 5.74) is 1.83. The van der Waals surface area contributed by atoms with E-state index >= 15 is 0 Å². The first kappa shape index (κ1) is 16.1. The summed E-state index contributed by atoms with van der Waals surface area (Å²) in [6.45, 7) is 6.31. The van der Waals surface area contributed by atoms with E-state index in [1.807, 2.05) is 45.0 Å². The second kappa shape index (κ2) is 7.15. The molecule has 1 atom stereocenters. The second-order valence-corrected chi connectivity index (χ2v) is 6.99. The lowest BCUT2D eigenvalue weighted by Crippen LogP contribution is -2.30. The molecule has 0 bridgehead atoms. The molecular formula is C15H18BrN3OS. The maximum atomic E-state index is 11.9. The van der Waals surface area contributed by atoms with Crippen LogP contribution in [0.4, 0.5) is 5.69 Å². The summed E-state index contributed by atoms with van der Waals surface area (Å²) in [6, 6.07) is 7.64. The van der Waals surface area contributed by atoms with E-state index in [-0.39, 0.29) is 18.5 Å². The van der Waals surface area contributed by atoms with Gasteiger partial charge in [0, 0.05) is 21.1 Å². The smallest absolute Gasteiger partial charge is 0.238 e. The van der Waals surface area contributed by atoms with Crippen LogP contribution in [0.15, 0.2) is 28.7 Å². The molecule has 1 aromatic heterocycles. The molecule has 0 aliphatic carbocycles. The first-order valence-electron chi connectivity index (χ1n) is 6.68. The zero-order valence-electron chi connectivity index (χ0n) is 12.2. The van der Waals surface area contributed by atoms with Crippen LogP contribution in [0.1, 0.15) is 28.5 Å². The summed E-state index contributed by atoms with van der Waals surface area (Å²) >= 11 is 5.04. The number of thiazole rings is 1. The molecule has 0 aliphatic rings. The second-order valence-electron chi connectivity index (χ2n) is 4.84. The highest BCUT2D eigenvalue weighted by molar-refractivity contribution is 9.10. The molecule has 0 radical (unpaired) electrons. The summed E-state index contributed by atoms with van der Waals surface area (Å²) < 4.78 is 0.989. The molecule has 2 N–H and O–H groups in total. The molecule has 2 rings (SSSR count). The minimum absolute atomic E-state index is 0.0527. The van der Waals surface area contributed by atoms with Crippen molar-refractivity contribution in [1.29, 1.82) is 0 Å². The average Bonchev–Trinajstić information content (AvgIpc) is 2.78. The van der Waals surface area contributed by atoms with Gasteiger partial charge in [-0.2, -0.15) is 0 Å². The molecule has 1 amide bonds. The highest BCUT2D eigenvalue weighted by atomic mass is 79.9. The van der Waals surface area contributed by atoms with Gasteiger partial charge in [0.2, 0.25) is 5.91 Å². The molecule has 1 unspecified atom stereocenters. The van der Waals surface area contributed by atoms with Gasteiger partial charge in [-0.15, -0.1) is 11.3 Å². The third-order valence-electron chi connectivity index (χ3n) is 3.03. The van der Waals surface area contributed by atoms with Crippen LogP contribution in [0.3, 0.4) is 0 Å². The molecule has 6 heteroatoms. The van der Waals surface area contributed by atoms with Gasteiger partial charge in [-0.1, -0.05) is 15.9 Å². The number of anilines is 1. The normalized spacial score (nSPS) is 12.2. The molecule has 1 heterocycles. The fourth-order valence-electron chi connectivity index (χ4n) is 2.03. The van der Waals surface area contributed by atoms with E-state index in [4.69, 9.17) is 0 Å². The van der Waals surface area contributed by atoms with E-state index in [1.165, 1.54) is 4.88 Å². The Morgan fingerprint density at radius 1 is 1.33 bits per heavy atom. The van der Waals surface area contributed by atoms with E-state index in [1.54, 1.807) is 11.3 Å². The van der Waals surface area contributed by atoms with Crippen LogP contribution in [-0.2, 0) is 4.79 Å². The Bertz CT molecular complexity index is 624. The van der Waals surface area contributed by atoms with Gasteiger partial charge in [0.15, 0.2) is 0 Å². The Balaban J connectivity index is 1.86. The summed E-state index contributed by atoms with van der Waals surface area (Å²) in [4.78, 5) is 17.5.